The molecular weight excluding hydrogens is 346 g/mol. The summed E-state index contributed by atoms with van der Waals surface area (Å²) in [6.07, 6.45) is 0. The van der Waals surface area contributed by atoms with E-state index in [1.807, 2.05) is 19.1 Å². The number of nitrogens with zero attached hydrogens (tertiary/aromatic N) is 1. The molecule has 0 aromatic heterocycles. The fourth-order valence-corrected chi connectivity index (χ4v) is 2.26. The number of ether oxygens (including phenoxy) is 1. The molecule has 0 spiro atoms. The molecule has 6 heteroatoms. The summed E-state index contributed by atoms with van der Waals surface area (Å²) >= 11 is 8.97. The van der Waals surface area contributed by atoms with Crippen LogP contribution in [-0.2, 0) is 5.88 Å². The first-order valence-corrected chi connectivity index (χ1v) is 7.11. The van der Waals surface area contributed by atoms with Gasteiger partial charge in [-0.05, 0) is 36.2 Å². The quantitative estimate of drug-likeness (QED) is 0.430. The maximum absolute atomic E-state index is 11.0. The summed E-state index contributed by atoms with van der Waals surface area (Å²) in [7, 11) is 0. The Morgan fingerprint density at radius 1 is 1.25 bits per heavy atom. The number of benzene rings is 2. The third-order valence-corrected chi connectivity index (χ3v) is 3.53. The number of rotatable bonds is 4. The van der Waals surface area contributed by atoms with Crippen molar-refractivity contribution in [2.24, 2.45) is 0 Å². The van der Waals surface area contributed by atoms with Crippen LogP contribution in [0.2, 0.25) is 0 Å². The number of aryl methyl sites for hydroxylation is 1. The van der Waals surface area contributed by atoms with E-state index in [0.29, 0.717) is 16.1 Å². The summed E-state index contributed by atoms with van der Waals surface area (Å²) in [5, 5.41) is 11.0. The monoisotopic (exact) mass is 355 g/mol. The second kappa shape index (κ2) is 6.24. The van der Waals surface area contributed by atoms with Crippen molar-refractivity contribution in [1.29, 1.82) is 0 Å². The summed E-state index contributed by atoms with van der Waals surface area (Å²) < 4.78 is 6.28. The lowest BCUT2D eigenvalue weighted by Gasteiger charge is -2.10. The molecule has 0 saturated carbocycles. The zero-order valence-corrected chi connectivity index (χ0v) is 12.9. The van der Waals surface area contributed by atoms with E-state index in [-0.39, 0.29) is 11.4 Å². The van der Waals surface area contributed by atoms with Crippen molar-refractivity contribution < 1.29 is 9.66 Å². The van der Waals surface area contributed by atoms with E-state index >= 15 is 0 Å². The van der Waals surface area contributed by atoms with Gasteiger partial charge in [-0.25, -0.2) is 0 Å². The smallest absolute Gasteiger partial charge is 0.312 e. The van der Waals surface area contributed by atoms with Crippen LogP contribution < -0.4 is 4.74 Å². The van der Waals surface area contributed by atoms with E-state index in [4.69, 9.17) is 16.3 Å². The molecular formula is C14H11BrClNO3. The van der Waals surface area contributed by atoms with Gasteiger partial charge in [0, 0.05) is 16.4 Å². The molecule has 0 amide bonds. The molecule has 2 rings (SSSR count). The highest BCUT2D eigenvalue weighted by atomic mass is 79.9. The summed E-state index contributed by atoms with van der Waals surface area (Å²) in [4.78, 5) is 10.6. The number of nitro benzene ring substituents is 1. The average molecular weight is 357 g/mol. The SMILES string of the molecule is Cc1cc(CCl)ccc1Oc1ccc(Br)cc1[N+](=O)[O-]. The molecule has 0 aliphatic heterocycles. The van der Waals surface area contributed by atoms with E-state index < -0.39 is 4.92 Å². The normalized spacial score (nSPS) is 10.3. The number of hydrogen-bond acceptors (Lipinski definition) is 3. The Labute approximate surface area is 129 Å². The predicted molar refractivity (Wildman–Crippen MR) is 81.6 cm³/mol. The average Bonchev–Trinajstić information content (AvgIpc) is 2.42. The molecule has 0 saturated heterocycles. The Kier molecular flexibility index (Phi) is 4.62. The van der Waals surface area contributed by atoms with Crippen molar-refractivity contribution in [2.75, 3.05) is 0 Å². The van der Waals surface area contributed by atoms with Crippen LogP contribution in [0.4, 0.5) is 5.69 Å². The van der Waals surface area contributed by atoms with Gasteiger partial charge in [-0.3, -0.25) is 10.1 Å². The lowest BCUT2D eigenvalue weighted by atomic mass is 10.1. The third kappa shape index (κ3) is 3.29. The van der Waals surface area contributed by atoms with E-state index in [1.54, 1.807) is 18.2 Å². The molecule has 0 radical (unpaired) electrons. The van der Waals surface area contributed by atoms with Gasteiger partial charge < -0.3 is 4.74 Å². The molecule has 20 heavy (non-hydrogen) atoms. The number of halogens is 2. The minimum atomic E-state index is -0.470. The Hall–Kier alpha value is -1.59. The van der Waals surface area contributed by atoms with Gasteiger partial charge in [0.25, 0.3) is 0 Å². The lowest BCUT2D eigenvalue weighted by Crippen LogP contribution is -1.95. The first-order chi connectivity index (χ1) is 9.51. The number of nitro groups is 1. The summed E-state index contributed by atoms with van der Waals surface area (Å²) in [5.74, 6) is 1.20. The largest absolute Gasteiger partial charge is 0.450 e. The molecule has 4 nitrogen and oxygen atoms in total. The first-order valence-electron chi connectivity index (χ1n) is 5.78. The molecule has 104 valence electrons. The van der Waals surface area contributed by atoms with Crippen LogP contribution in [0.3, 0.4) is 0 Å². The standard InChI is InChI=1S/C14H11BrClNO3/c1-9-6-10(8-16)2-4-13(9)20-14-5-3-11(15)7-12(14)17(18)19/h2-7H,8H2,1H3. The van der Waals surface area contributed by atoms with Crippen molar-refractivity contribution in [3.63, 3.8) is 0 Å². The van der Waals surface area contributed by atoms with Crippen LogP contribution in [0.5, 0.6) is 11.5 Å². The van der Waals surface area contributed by atoms with Crippen molar-refractivity contribution >= 4 is 33.2 Å². The maximum Gasteiger partial charge on any atom is 0.312 e. The van der Waals surface area contributed by atoms with Crippen LogP contribution in [-0.4, -0.2) is 4.92 Å². The zero-order chi connectivity index (χ0) is 14.7. The van der Waals surface area contributed by atoms with Gasteiger partial charge in [0.2, 0.25) is 5.75 Å². The highest BCUT2D eigenvalue weighted by molar-refractivity contribution is 9.10. The minimum absolute atomic E-state index is 0.0832. The summed E-state index contributed by atoms with van der Waals surface area (Å²) in [6, 6.07) is 10.2. The predicted octanol–water partition coefficient (Wildman–Crippen LogP) is 5.20. The van der Waals surface area contributed by atoms with Crippen LogP contribution in [0, 0.1) is 17.0 Å². The third-order valence-electron chi connectivity index (χ3n) is 2.73. The fraction of sp³-hybridized carbons (Fsp3) is 0.143. The Morgan fingerprint density at radius 3 is 2.55 bits per heavy atom. The van der Waals surface area contributed by atoms with Gasteiger partial charge in [-0.1, -0.05) is 28.1 Å². The highest BCUT2D eigenvalue weighted by Crippen LogP contribution is 2.35. The Morgan fingerprint density at radius 2 is 1.95 bits per heavy atom. The molecule has 0 unspecified atom stereocenters. The Balaban J connectivity index is 2.37. The molecule has 0 atom stereocenters. The zero-order valence-electron chi connectivity index (χ0n) is 10.6. The van der Waals surface area contributed by atoms with Crippen molar-refractivity contribution in [2.45, 2.75) is 12.8 Å². The second-order valence-corrected chi connectivity index (χ2v) is 5.39. The molecule has 0 bridgehead atoms. The van der Waals surface area contributed by atoms with Crippen molar-refractivity contribution in [3.05, 3.63) is 62.1 Å². The number of hydrogen-bond donors (Lipinski definition) is 0. The van der Waals surface area contributed by atoms with Gasteiger partial charge in [0.1, 0.15) is 5.75 Å². The molecule has 0 aliphatic carbocycles. The number of alkyl halides is 1. The lowest BCUT2D eigenvalue weighted by molar-refractivity contribution is -0.385. The van der Waals surface area contributed by atoms with E-state index in [2.05, 4.69) is 15.9 Å². The topological polar surface area (TPSA) is 52.4 Å². The van der Waals surface area contributed by atoms with E-state index in [1.165, 1.54) is 6.07 Å². The fourth-order valence-electron chi connectivity index (χ4n) is 1.75. The van der Waals surface area contributed by atoms with Crippen molar-refractivity contribution in [1.82, 2.24) is 0 Å². The van der Waals surface area contributed by atoms with E-state index in [9.17, 15) is 10.1 Å². The first kappa shape index (κ1) is 14.8. The van der Waals surface area contributed by atoms with Gasteiger partial charge >= 0.3 is 5.69 Å². The van der Waals surface area contributed by atoms with E-state index in [0.717, 1.165) is 11.1 Å². The minimum Gasteiger partial charge on any atom is -0.450 e. The van der Waals surface area contributed by atoms with Crippen LogP contribution in [0.15, 0.2) is 40.9 Å². The van der Waals surface area contributed by atoms with Gasteiger partial charge in [0.05, 0.1) is 4.92 Å². The van der Waals surface area contributed by atoms with Gasteiger partial charge in [-0.2, -0.15) is 0 Å². The molecule has 2 aromatic rings. The highest BCUT2D eigenvalue weighted by Gasteiger charge is 2.17. The van der Waals surface area contributed by atoms with Crippen molar-refractivity contribution in [3.8, 4) is 11.5 Å². The Bertz CT molecular complexity index is 661. The maximum atomic E-state index is 11.0. The van der Waals surface area contributed by atoms with Gasteiger partial charge in [-0.15, -0.1) is 11.6 Å². The molecule has 0 heterocycles. The molecule has 0 fully saturated rings. The second-order valence-electron chi connectivity index (χ2n) is 4.20. The molecule has 0 N–H and O–H groups in total. The molecule has 0 aliphatic rings. The van der Waals surface area contributed by atoms with Gasteiger partial charge in [0.15, 0.2) is 0 Å². The van der Waals surface area contributed by atoms with Crippen LogP contribution in [0.25, 0.3) is 0 Å². The van der Waals surface area contributed by atoms with Crippen LogP contribution >= 0.6 is 27.5 Å². The summed E-state index contributed by atoms with van der Waals surface area (Å²) in [5.41, 5.74) is 1.77. The van der Waals surface area contributed by atoms with Crippen LogP contribution in [0.1, 0.15) is 11.1 Å². The summed E-state index contributed by atoms with van der Waals surface area (Å²) in [6.45, 7) is 1.87. The molecule has 2 aromatic carbocycles.